The third-order valence-corrected chi connectivity index (χ3v) is 8.31. The largest absolute Gasteiger partial charge is 0.465 e. The van der Waals surface area contributed by atoms with E-state index in [4.69, 9.17) is 9.47 Å². The summed E-state index contributed by atoms with van der Waals surface area (Å²) in [6.45, 7) is 16.5. The van der Waals surface area contributed by atoms with Crippen LogP contribution < -0.4 is 9.80 Å². The van der Waals surface area contributed by atoms with Gasteiger partial charge in [-0.05, 0) is 113 Å². The van der Waals surface area contributed by atoms with Crippen LogP contribution in [0.3, 0.4) is 0 Å². The fourth-order valence-electron chi connectivity index (χ4n) is 5.62. The van der Waals surface area contributed by atoms with Gasteiger partial charge in [0.15, 0.2) is 0 Å². The summed E-state index contributed by atoms with van der Waals surface area (Å²) >= 11 is 0. The van der Waals surface area contributed by atoms with Crippen LogP contribution in [-0.2, 0) is 9.47 Å². The van der Waals surface area contributed by atoms with Crippen molar-refractivity contribution >= 4 is 34.7 Å². The van der Waals surface area contributed by atoms with Gasteiger partial charge in [-0.2, -0.15) is 0 Å². The summed E-state index contributed by atoms with van der Waals surface area (Å²) in [4.78, 5) is 28.4. The highest BCUT2D eigenvalue weighted by atomic mass is 16.5. The summed E-state index contributed by atoms with van der Waals surface area (Å²) in [5.41, 5.74) is 14.5. The zero-order valence-corrected chi connectivity index (χ0v) is 28.3. The highest BCUT2D eigenvalue weighted by molar-refractivity contribution is 5.99. The van der Waals surface area contributed by atoms with E-state index < -0.39 is 0 Å². The van der Waals surface area contributed by atoms with Crippen molar-refractivity contribution in [3.63, 3.8) is 0 Å². The van der Waals surface area contributed by atoms with Gasteiger partial charge in [-0.25, -0.2) is 9.59 Å². The van der Waals surface area contributed by atoms with Crippen molar-refractivity contribution in [2.45, 2.75) is 55.4 Å². The number of methoxy groups -OCH3 is 2. The van der Waals surface area contributed by atoms with Crippen LogP contribution >= 0.6 is 0 Å². The van der Waals surface area contributed by atoms with Gasteiger partial charge in [0, 0.05) is 25.5 Å². The Morgan fingerprint density at radius 3 is 1.14 bits per heavy atom. The third-order valence-electron chi connectivity index (χ3n) is 8.31. The molecule has 6 heteroatoms. The van der Waals surface area contributed by atoms with Crippen LogP contribution in [0.5, 0.6) is 0 Å². The van der Waals surface area contributed by atoms with E-state index in [1.807, 2.05) is 52.2 Å². The van der Waals surface area contributed by atoms with Crippen molar-refractivity contribution in [1.82, 2.24) is 0 Å². The number of hydrogen-bond donors (Lipinski definition) is 0. The lowest BCUT2D eigenvalue weighted by molar-refractivity contribution is 0.0592. The summed E-state index contributed by atoms with van der Waals surface area (Å²) < 4.78 is 9.88. The first-order valence-electron chi connectivity index (χ1n) is 14.7. The Kier molecular flexibility index (Phi) is 11.0. The molecule has 44 heavy (non-hydrogen) atoms. The molecule has 0 heterocycles. The molecule has 0 aliphatic heterocycles. The second-order valence-corrected chi connectivity index (χ2v) is 11.5. The van der Waals surface area contributed by atoms with E-state index in [9.17, 15) is 9.59 Å². The maximum Gasteiger partial charge on any atom is 0.339 e. The zero-order chi connectivity index (χ0) is 32.9. The molecule has 0 aliphatic rings. The van der Waals surface area contributed by atoms with Crippen LogP contribution in [0.4, 0.5) is 22.7 Å². The number of esters is 2. The number of carbonyl (C=O) groups excluding carboxylic acids is 2. The Balaban J connectivity index is 0.000000240. The molecule has 0 aliphatic carbocycles. The number of hydrogen-bond acceptors (Lipinski definition) is 6. The predicted octanol–water partition coefficient (Wildman–Crippen LogP) is 8.95. The van der Waals surface area contributed by atoms with E-state index in [0.717, 1.165) is 45.0 Å². The van der Waals surface area contributed by atoms with Crippen LogP contribution in [0.15, 0.2) is 60.7 Å². The summed E-state index contributed by atoms with van der Waals surface area (Å²) in [7, 11) is 6.81. The van der Waals surface area contributed by atoms with E-state index in [0.29, 0.717) is 11.1 Å². The van der Waals surface area contributed by atoms with Gasteiger partial charge in [-0.15, -0.1) is 0 Å². The molecule has 4 aromatic carbocycles. The number of anilines is 4. The SMILES string of the molecule is COC(=O)c1ccc(C)c(C)c1N(C)c1ccc(C)cc1C.COC(=O)c1ccc(C)c(C)c1N(C)c1ccc(C)cc1C. The van der Waals surface area contributed by atoms with Crippen molar-refractivity contribution in [3.05, 3.63) is 116 Å². The quantitative estimate of drug-likeness (QED) is 0.208. The number of rotatable bonds is 6. The average molecular weight is 595 g/mol. The molecule has 0 bridgehead atoms. The number of benzene rings is 4. The molecular weight excluding hydrogens is 548 g/mol. The molecule has 0 spiro atoms. The fourth-order valence-corrected chi connectivity index (χ4v) is 5.62. The minimum Gasteiger partial charge on any atom is -0.465 e. The maximum atomic E-state index is 12.1. The van der Waals surface area contributed by atoms with Crippen molar-refractivity contribution in [2.24, 2.45) is 0 Å². The highest BCUT2D eigenvalue weighted by Gasteiger charge is 2.21. The summed E-state index contributed by atoms with van der Waals surface area (Å²) in [5.74, 6) is -0.621. The molecule has 0 saturated heterocycles. The van der Waals surface area contributed by atoms with Gasteiger partial charge < -0.3 is 19.3 Å². The number of nitrogens with zero attached hydrogens (tertiary/aromatic N) is 2. The van der Waals surface area contributed by atoms with Gasteiger partial charge in [0.2, 0.25) is 0 Å². The second-order valence-electron chi connectivity index (χ2n) is 11.5. The summed E-state index contributed by atoms with van der Waals surface area (Å²) in [6.07, 6.45) is 0. The smallest absolute Gasteiger partial charge is 0.339 e. The molecule has 0 N–H and O–H groups in total. The van der Waals surface area contributed by atoms with Gasteiger partial charge in [0.05, 0.1) is 36.7 Å². The molecule has 232 valence electrons. The fraction of sp³-hybridized carbons (Fsp3) is 0.316. The maximum absolute atomic E-state index is 12.1. The molecule has 4 rings (SSSR count). The van der Waals surface area contributed by atoms with Gasteiger partial charge in [-0.1, -0.05) is 47.5 Å². The van der Waals surface area contributed by atoms with E-state index >= 15 is 0 Å². The van der Waals surface area contributed by atoms with Crippen LogP contribution in [-0.4, -0.2) is 40.3 Å². The van der Waals surface area contributed by atoms with E-state index in [1.165, 1.54) is 36.5 Å². The van der Waals surface area contributed by atoms with Crippen LogP contribution in [0.1, 0.15) is 65.2 Å². The van der Waals surface area contributed by atoms with Gasteiger partial charge in [0.25, 0.3) is 0 Å². The van der Waals surface area contributed by atoms with Gasteiger partial charge in [0.1, 0.15) is 0 Å². The standard InChI is InChI=1S/2C19H23NO2/c2*1-12-7-10-17(14(3)11-12)20(5)18-15(4)13(2)8-9-16(18)19(21)22-6/h2*7-11H,1-6H3. The summed E-state index contributed by atoms with van der Waals surface area (Å²) in [6, 6.07) is 20.2. The Morgan fingerprint density at radius 2 is 0.841 bits per heavy atom. The van der Waals surface area contributed by atoms with Gasteiger partial charge in [-0.3, -0.25) is 0 Å². The van der Waals surface area contributed by atoms with Crippen molar-refractivity contribution < 1.29 is 19.1 Å². The molecule has 0 fully saturated rings. The molecule has 0 atom stereocenters. The topological polar surface area (TPSA) is 59.1 Å². The molecule has 4 aromatic rings. The van der Waals surface area contributed by atoms with Crippen LogP contribution in [0.25, 0.3) is 0 Å². The van der Waals surface area contributed by atoms with E-state index in [-0.39, 0.29) is 11.9 Å². The Labute approximate surface area is 263 Å². The minimum absolute atomic E-state index is 0.310. The first-order valence-corrected chi connectivity index (χ1v) is 14.7. The molecule has 0 aromatic heterocycles. The molecule has 6 nitrogen and oxygen atoms in total. The Hall–Kier alpha value is -4.58. The Bertz CT molecular complexity index is 1560. The zero-order valence-electron chi connectivity index (χ0n) is 28.3. The van der Waals surface area contributed by atoms with Gasteiger partial charge >= 0.3 is 11.9 Å². The molecule has 0 radical (unpaired) electrons. The van der Waals surface area contributed by atoms with Crippen LogP contribution in [0.2, 0.25) is 0 Å². The number of carbonyl (C=O) groups is 2. The Morgan fingerprint density at radius 1 is 0.500 bits per heavy atom. The van der Waals surface area contributed by atoms with Crippen molar-refractivity contribution in [3.8, 4) is 0 Å². The molecule has 0 saturated carbocycles. The van der Waals surface area contributed by atoms with Crippen molar-refractivity contribution in [1.29, 1.82) is 0 Å². The lowest BCUT2D eigenvalue weighted by Gasteiger charge is -2.26. The lowest BCUT2D eigenvalue weighted by Crippen LogP contribution is -2.18. The number of ether oxygens (including phenoxy) is 2. The lowest BCUT2D eigenvalue weighted by atomic mass is 10.0. The third kappa shape index (κ3) is 7.13. The predicted molar refractivity (Wildman–Crippen MR) is 182 cm³/mol. The molecule has 0 amide bonds. The monoisotopic (exact) mass is 594 g/mol. The first-order chi connectivity index (χ1) is 20.7. The average Bonchev–Trinajstić information content (AvgIpc) is 2.98. The first kappa shape index (κ1) is 33.9. The number of aryl methyl sites for hydroxylation is 6. The highest BCUT2D eigenvalue weighted by Crippen LogP contribution is 2.36. The van der Waals surface area contributed by atoms with E-state index in [2.05, 4.69) is 87.7 Å². The van der Waals surface area contributed by atoms with E-state index in [1.54, 1.807) is 0 Å². The molecule has 0 unspecified atom stereocenters. The normalized spacial score (nSPS) is 10.5. The minimum atomic E-state index is -0.310. The van der Waals surface area contributed by atoms with Crippen LogP contribution in [0, 0.1) is 55.4 Å². The molecular formula is C38H46N2O4. The summed E-state index contributed by atoms with van der Waals surface area (Å²) in [5, 5.41) is 0. The second kappa shape index (κ2) is 14.3. The van der Waals surface area contributed by atoms with Crippen molar-refractivity contribution in [2.75, 3.05) is 38.1 Å².